The Balaban J connectivity index is 1.75. The van der Waals surface area contributed by atoms with Crippen molar-refractivity contribution in [1.29, 1.82) is 0 Å². The zero-order valence-electron chi connectivity index (χ0n) is 12.8. The summed E-state index contributed by atoms with van der Waals surface area (Å²) in [6.45, 7) is 11.4. The first-order valence-electron chi connectivity index (χ1n) is 7.61. The smallest absolute Gasteiger partial charge is 0.0482 e. The Morgan fingerprint density at radius 3 is 2.55 bits per heavy atom. The Bertz CT molecular complexity index is 588. The van der Waals surface area contributed by atoms with E-state index in [-0.39, 0.29) is 5.54 Å². The lowest BCUT2D eigenvalue weighted by atomic mass is 10.1. The molecule has 3 nitrogen and oxygen atoms in total. The van der Waals surface area contributed by atoms with E-state index in [0.717, 1.165) is 6.54 Å². The second kappa shape index (κ2) is 5.13. The van der Waals surface area contributed by atoms with Crippen LogP contribution in [-0.4, -0.2) is 34.6 Å². The lowest BCUT2D eigenvalue weighted by Crippen LogP contribution is -2.39. The fraction of sp³-hybridized carbons (Fsp3) is 0.529. The number of aromatic nitrogens is 1. The monoisotopic (exact) mass is 271 g/mol. The number of nitrogens with one attached hydrogen (secondary N) is 1. The summed E-state index contributed by atoms with van der Waals surface area (Å²) in [6.07, 6.45) is 3.58. The summed E-state index contributed by atoms with van der Waals surface area (Å²) in [6, 6.07) is 8.90. The fourth-order valence-electron chi connectivity index (χ4n) is 2.76. The van der Waals surface area contributed by atoms with Gasteiger partial charge >= 0.3 is 0 Å². The van der Waals surface area contributed by atoms with E-state index in [1.54, 1.807) is 0 Å². The van der Waals surface area contributed by atoms with Crippen molar-refractivity contribution < 1.29 is 0 Å². The van der Waals surface area contributed by atoms with E-state index < -0.39 is 0 Å². The molecule has 2 heterocycles. The first kappa shape index (κ1) is 13.5. The van der Waals surface area contributed by atoms with Gasteiger partial charge in [-0.15, -0.1) is 0 Å². The van der Waals surface area contributed by atoms with Gasteiger partial charge in [-0.2, -0.15) is 0 Å². The van der Waals surface area contributed by atoms with E-state index >= 15 is 0 Å². The zero-order valence-corrected chi connectivity index (χ0v) is 12.8. The molecule has 0 radical (unpaired) electrons. The van der Waals surface area contributed by atoms with E-state index in [1.807, 2.05) is 0 Å². The van der Waals surface area contributed by atoms with E-state index in [1.165, 1.54) is 42.6 Å². The van der Waals surface area contributed by atoms with Gasteiger partial charge in [0, 0.05) is 41.4 Å². The summed E-state index contributed by atoms with van der Waals surface area (Å²) >= 11 is 0. The van der Waals surface area contributed by atoms with Crippen molar-refractivity contribution in [2.24, 2.45) is 0 Å². The molecule has 1 aliphatic rings. The van der Waals surface area contributed by atoms with Crippen LogP contribution in [0.3, 0.4) is 0 Å². The van der Waals surface area contributed by atoms with Crippen LogP contribution in [0, 0.1) is 0 Å². The standard InChI is InChI=1S/C17H25N3/c1-17(2,3)18-15-5-6-16-14(13-15)7-10-20(16)12-11-19-8-4-9-19/h5-7,10,13,18H,4,8-9,11-12H2,1-3H3. The second-order valence-corrected chi connectivity index (χ2v) is 6.85. The zero-order chi connectivity index (χ0) is 14.2. The molecule has 0 saturated carbocycles. The average molecular weight is 271 g/mol. The van der Waals surface area contributed by atoms with Gasteiger partial charge in [0.25, 0.3) is 0 Å². The van der Waals surface area contributed by atoms with Gasteiger partial charge < -0.3 is 14.8 Å². The van der Waals surface area contributed by atoms with Gasteiger partial charge in [-0.05, 0) is 64.5 Å². The average Bonchev–Trinajstić information content (AvgIpc) is 2.67. The normalized spacial score (nSPS) is 16.4. The number of hydrogen-bond acceptors (Lipinski definition) is 2. The maximum absolute atomic E-state index is 3.53. The Morgan fingerprint density at radius 2 is 1.90 bits per heavy atom. The van der Waals surface area contributed by atoms with E-state index in [0.29, 0.717) is 0 Å². The molecule has 1 fully saturated rings. The van der Waals surface area contributed by atoms with Crippen molar-refractivity contribution in [3.63, 3.8) is 0 Å². The second-order valence-electron chi connectivity index (χ2n) is 6.85. The lowest BCUT2D eigenvalue weighted by Gasteiger charge is -2.30. The van der Waals surface area contributed by atoms with Crippen molar-refractivity contribution in [2.75, 3.05) is 25.0 Å². The highest BCUT2D eigenvalue weighted by molar-refractivity contribution is 5.83. The minimum absolute atomic E-state index is 0.105. The van der Waals surface area contributed by atoms with E-state index in [9.17, 15) is 0 Å². The predicted molar refractivity (Wildman–Crippen MR) is 86.4 cm³/mol. The lowest BCUT2D eigenvalue weighted by molar-refractivity contribution is 0.175. The highest BCUT2D eigenvalue weighted by atomic mass is 15.2. The van der Waals surface area contributed by atoms with Crippen LogP contribution in [0.25, 0.3) is 10.9 Å². The molecule has 0 bridgehead atoms. The van der Waals surface area contributed by atoms with Crippen molar-refractivity contribution in [3.05, 3.63) is 30.5 Å². The number of rotatable bonds is 4. The number of hydrogen-bond donors (Lipinski definition) is 1. The van der Waals surface area contributed by atoms with Crippen molar-refractivity contribution in [1.82, 2.24) is 9.47 Å². The maximum atomic E-state index is 3.53. The summed E-state index contributed by atoms with van der Waals surface area (Å²) in [5.74, 6) is 0. The molecule has 108 valence electrons. The topological polar surface area (TPSA) is 20.2 Å². The molecular weight excluding hydrogens is 246 g/mol. The van der Waals surface area contributed by atoms with Gasteiger partial charge in [0.15, 0.2) is 0 Å². The van der Waals surface area contributed by atoms with Crippen molar-refractivity contribution in [3.8, 4) is 0 Å². The van der Waals surface area contributed by atoms with Crippen LogP contribution < -0.4 is 5.32 Å². The molecule has 0 amide bonds. The van der Waals surface area contributed by atoms with Crippen molar-refractivity contribution in [2.45, 2.75) is 39.3 Å². The molecule has 1 aromatic heterocycles. The quantitative estimate of drug-likeness (QED) is 0.917. The number of nitrogens with zero attached hydrogens (tertiary/aromatic N) is 2. The van der Waals surface area contributed by atoms with E-state index in [2.05, 4.69) is 66.0 Å². The Morgan fingerprint density at radius 1 is 1.10 bits per heavy atom. The molecule has 1 saturated heterocycles. The van der Waals surface area contributed by atoms with Gasteiger partial charge in [-0.1, -0.05) is 0 Å². The largest absolute Gasteiger partial charge is 0.380 e. The molecule has 20 heavy (non-hydrogen) atoms. The third-order valence-corrected chi connectivity index (χ3v) is 3.90. The molecule has 1 aliphatic heterocycles. The van der Waals surface area contributed by atoms with Crippen molar-refractivity contribution >= 4 is 16.6 Å². The Labute approximate surface area is 121 Å². The Hall–Kier alpha value is -1.48. The molecule has 1 aromatic carbocycles. The molecule has 0 unspecified atom stereocenters. The molecule has 0 spiro atoms. The maximum Gasteiger partial charge on any atom is 0.0482 e. The fourth-order valence-corrected chi connectivity index (χ4v) is 2.76. The number of benzene rings is 1. The third kappa shape index (κ3) is 2.98. The number of fused-ring (bicyclic) bond motifs is 1. The molecule has 0 aliphatic carbocycles. The van der Waals surface area contributed by atoms with E-state index in [4.69, 9.17) is 0 Å². The molecule has 1 N–H and O–H groups in total. The SMILES string of the molecule is CC(C)(C)Nc1ccc2c(ccn2CCN2CCC2)c1. The number of likely N-dealkylation sites (tertiary alicyclic amines) is 1. The number of anilines is 1. The van der Waals surface area contributed by atoms with Crippen LogP contribution in [-0.2, 0) is 6.54 Å². The van der Waals surface area contributed by atoms with Crippen LogP contribution in [0.4, 0.5) is 5.69 Å². The predicted octanol–water partition coefficient (Wildman–Crippen LogP) is 3.56. The highest BCUT2D eigenvalue weighted by Gasteiger charge is 2.14. The summed E-state index contributed by atoms with van der Waals surface area (Å²) in [4.78, 5) is 2.52. The van der Waals surface area contributed by atoms with Gasteiger partial charge in [0.1, 0.15) is 0 Å². The summed E-state index contributed by atoms with van der Waals surface area (Å²) < 4.78 is 2.37. The minimum Gasteiger partial charge on any atom is -0.380 e. The third-order valence-electron chi connectivity index (χ3n) is 3.90. The van der Waals surface area contributed by atoms with Crippen LogP contribution in [0.5, 0.6) is 0 Å². The summed E-state index contributed by atoms with van der Waals surface area (Å²) in [5, 5.41) is 4.86. The molecule has 0 atom stereocenters. The van der Waals surface area contributed by atoms with Crippen LogP contribution in [0.15, 0.2) is 30.5 Å². The molecule has 3 rings (SSSR count). The first-order chi connectivity index (χ1) is 9.51. The molecule has 2 aromatic rings. The van der Waals surface area contributed by atoms with Gasteiger partial charge in [-0.25, -0.2) is 0 Å². The summed E-state index contributed by atoms with van der Waals surface area (Å²) in [7, 11) is 0. The van der Waals surface area contributed by atoms with Gasteiger partial charge in [0.2, 0.25) is 0 Å². The van der Waals surface area contributed by atoms with Crippen LogP contribution in [0.2, 0.25) is 0 Å². The molecular formula is C17H25N3. The van der Waals surface area contributed by atoms with Gasteiger partial charge in [0.05, 0.1) is 0 Å². The highest BCUT2D eigenvalue weighted by Crippen LogP contribution is 2.23. The Kier molecular flexibility index (Phi) is 3.47. The first-order valence-corrected chi connectivity index (χ1v) is 7.61. The van der Waals surface area contributed by atoms with Crippen LogP contribution >= 0.6 is 0 Å². The summed E-state index contributed by atoms with van der Waals surface area (Å²) in [5.41, 5.74) is 2.64. The minimum atomic E-state index is 0.105. The molecule has 3 heteroatoms. The van der Waals surface area contributed by atoms with Crippen LogP contribution in [0.1, 0.15) is 27.2 Å². The van der Waals surface area contributed by atoms with Gasteiger partial charge in [-0.3, -0.25) is 0 Å².